The number of hydrogen-bond donors (Lipinski definition) is 6. The summed E-state index contributed by atoms with van der Waals surface area (Å²) in [5.74, 6) is 1.18. The largest absolute Gasteiger partial charge is 0.484 e. The number of amidine groups is 1. The van der Waals surface area contributed by atoms with Gasteiger partial charge in [0.15, 0.2) is 0 Å². The zero-order valence-corrected chi connectivity index (χ0v) is 28.3. The predicted octanol–water partition coefficient (Wildman–Crippen LogP) is 5.99. The Hall–Kier alpha value is -4.90. The van der Waals surface area contributed by atoms with E-state index >= 15 is 0 Å². The Morgan fingerprint density at radius 3 is 2.48 bits per heavy atom. The molecule has 1 aliphatic heterocycles. The second kappa shape index (κ2) is 14.9. The first-order valence-electron chi connectivity index (χ1n) is 16.6. The van der Waals surface area contributed by atoms with Gasteiger partial charge >= 0.3 is 6.03 Å². The lowest BCUT2D eigenvalue weighted by Crippen LogP contribution is -2.47. The summed E-state index contributed by atoms with van der Waals surface area (Å²) < 4.78 is 8.10. The number of carbonyl (C=O) groups is 1. The summed E-state index contributed by atoms with van der Waals surface area (Å²) >= 11 is 0. The Labute approximate surface area is 282 Å². The van der Waals surface area contributed by atoms with E-state index in [2.05, 4.69) is 27.4 Å². The molecule has 0 spiro atoms. The van der Waals surface area contributed by atoms with Crippen LogP contribution in [-0.2, 0) is 6.61 Å². The van der Waals surface area contributed by atoms with Crippen molar-refractivity contribution in [3.05, 3.63) is 101 Å². The van der Waals surface area contributed by atoms with Crippen LogP contribution in [0.3, 0.4) is 0 Å². The van der Waals surface area contributed by atoms with Crippen molar-refractivity contribution in [3.8, 4) is 5.75 Å². The van der Waals surface area contributed by atoms with Crippen LogP contribution >= 0.6 is 0 Å². The first-order chi connectivity index (χ1) is 22.9. The van der Waals surface area contributed by atoms with Crippen LogP contribution in [0.15, 0.2) is 83.6 Å². The van der Waals surface area contributed by atoms with Crippen molar-refractivity contribution in [3.63, 3.8) is 0 Å². The molecular formula is C37H48N8O3. The summed E-state index contributed by atoms with van der Waals surface area (Å²) in [6.45, 7) is 8.84. The van der Waals surface area contributed by atoms with Crippen molar-refractivity contribution in [1.82, 2.24) is 20.1 Å². The number of likely N-dealkylation sites (tertiary alicyclic amines) is 1. The first-order valence-corrected chi connectivity index (χ1v) is 16.6. The molecule has 0 radical (unpaired) electrons. The molecule has 11 nitrogen and oxygen atoms in total. The quantitative estimate of drug-likeness (QED) is 0.142. The second-order valence-electron chi connectivity index (χ2n) is 13.6. The monoisotopic (exact) mass is 652 g/mol. The minimum Gasteiger partial charge on any atom is -0.484 e. The number of carbonyl (C=O) groups excluding carboxylic acids is 1. The minimum absolute atomic E-state index is 0.0661. The molecule has 1 fully saturated rings. The number of benzene rings is 2. The van der Waals surface area contributed by atoms with E-state index < -0.39 is 6.03 Å². The molecular weight excluding hydrogens is 604 g/mol. The van der Waals surface area contributed by atoms with E-state index in [0.717, 1.165) is 42.5 Å². The van der Waals surface area contributed by atoms with E-state index in [0.29, 0.717) is 41.8 Å². The van der Waals surface area contributed by atoms with Gasteiger partial charge in [-0.2, -0.15) is 0 Å². The molecule has 5 rings (SSSR count). The fourth-order valence-corrected chi connectivity index (χ4v) is 6.05. The van der Waals surface area contributed by atoms with Gasteiger partial charge in [0.25, 0.3) is 0 Å². The van der Waals surface area contributed by atoms with Gasteiger partial charge in [-0.1, -0.05) is 57.2 Å². The van der Waals surface area contributed by atoms with E-state index in [-0.39, 0.29) is 35.7 Å². The third-order valence-corrected chi connectivity index (χ3v) is 9.01. The van der Waals surface area contributed by atoms with Crippen LogP contribution in [-0.4, -0.2) is 45.0 Å². The third-order valence-electron chi connectivity index (χ3n) is 9.01. The number of nitrogens with one attached hydrogen (secondary N) is 4. The van der Waals surface area contributed by atoms with Crippen molar-refractivity contribution in [1.29, 1.82) is 10.8 Å². The molecule has 0 unspecified atom stereocenters. The Morgan fingerprint density at radius 2 is 1.79 bits per heavy atom. The van der Waals surface area contributed by atoms with E-state index in [4.69, 9.17) is 21.3 Å². The second-order valence-corrected chi connectivity index (χ2v) is 13.6. The highest BCUT2D eigenvalue weighted by Crippen LogP contribution is 2.38. The van der Waals surface area contributed by atoms with Crippen LogP contribution in [0.2, 0.25) is 0 Å². The number of allylic oxidation sites excluding steroid dienone is 1. The average Bonchev–Trinajstić information content (AvgIpc) is 3.06. The number of rotatable bonds is 6. The van der Waals surface area contributed by atoms with Gasteiger partial charge in [0, 0.05) is 29.8 Å². The molecule has 3 atom stereocenters. The standard InChI is InChI=1S/C37H48N8O3/c1-24-9-7-8-20-44(24)35(40)45-22-27(16-19-33(45)39)48-31-18-17-30(28-10-5-6-11-29(28)31)42-36(47)43-34(21-32(38)37(2,3)4)41-26-14-12-25(23-46)13-15-26/h5-6,10-16,19,21-22,24,30-31,39-40,46H,7-9,17-18,20,23,38H2,1-4H3,(H2,41,42,43,47)/b32-21-,39-33?,40-35?/t24-,30-,31+/m0/s1. The van der Waals surface area contributed by atoms with Crippen molar-refractivity contribution >= 4 is 23.5 Å². The molecule has 0 saturated carbocycles. The van der Waals surface area contributed by atoms with E-state index in [1.165, 1.54) is 0 Å². The van der Waals surface area contributed by atoms with E-state index in [1.54, 1.807) is 53.2 Å². The van der Waals surface area contributed by atoms with Gasteiger partial charge in [-0.05, 0) is 80.0 Å². The number of aromatic nitrogens is 1. The maximum absolute atomic E-state index is 13.4. The highest BCUT2D eigenvalue weighted by atomic mass is 16.5. The smallest absolute Gasteiger partial charge is 0.320 e. The van der Waals surface area contributed by atoms with Gasteiger partial charge in [0.05, 0.1) is 24.5 Å². The lowest BCUT2D eigenvalue weighted by molar-refractivity contribution is 0.170. The summed E-state index contributed by atoms with van der Waals surface area (Å²) in [5, 5.41) is 32.7. The van der Waals surface area contributed by atoms with Crippen LogP contribution in [0, 0.1) is 16.2 Å². The van der Waals surface area contributed by atoms with Crippen LogP contribution in [0.5, 0.6) is 5.75 Å². The van der Waals surface area contributed by atoms with Gasteiger partial charge in [-0.15, -0.1) is 0 Å². The molecule has 2 aromatic carbocycles. The molecule has 1 aromatic heterocycles. The molecule has 2 heterocycles. The summed E-state index contributed by atoms with van der Waals surface area (Å²) in [7, 11) is 0. The highest BCUT2D eigenvalue weighted by Gasteiger charge is 2.30. The predicted molar refractivity (Wildman–Crippen MR) is 188 cm³/mol. The van der Waals surface area contributed by atoms with Crippen molar-refractivity contribution < 1.29 is 14.6 Å². The number of fused-ring (bicyclic) bond motifs is 1. The summed E-state index contributed by atoms with van der Waals surface area (Å²) in [5.41, 5.74) is 10.2. The van der Waals surface area contributed by atoms with Gasteiger partial charge in [0.2, 0.25) is 5.96 Å². The molecule has 2 amide bonds. The van der Waals surface area contributed by atoms with Crippen molar-refractivity contribution in [2.45, 2.75) is 84.6 Å². The Morgan fingerprint density at radius 1 is 1.06 bits per heavy atom. The molecule has 1 aliphatic carbocycles. The minimum atomic E-state index is -0.407. The number of urea groups is 1. The molecule has 254 valence electrons. The van der Waals surface area contributed by atoms with E-state index in [9.17, 15) is 9.90 Å². The van der Waals surface area contributed by atoms with Crippen LogP contribution < -0.4 is 26.6 Å². The van der Waals surface area contributed by atoms with Gasteiger partial charge < -0.3 is 25.8 Å². The summed E-state index contributed by atoms with van der Waals surface area (Å²) in [6, 6.07) is 18.1. The number of pyridine rings is 1. The number of ether oxygens (including phenoxy) is 1. The maximum atomic E-state index is 13.4. The number of aliphatic hydroxyl groups is 1. The third kappa shape index (κ3) is 8.32. The van der Waals surface area contributed by atoms with Crippen molar-refractivity contribution in [2.75, 3.05) is 6.54 Å². The molecule has 7 N–H and O–H groups in total. The number of aliphatic hydroxyl groups excluding tert-OH is 1. The Balaban J connectivity index is 1.32. The van der Waals surface area contributed by atoms with Gasteiger partial charge in [0.1, 0.15) is 23.2 Å². The zero-order valence-electron chi connectivity index (χ0n) is 28.3. The van der Waals surface area contributed by atoms with Crippen LogP contribution in [0.25, 0.3) is 0 Å². The summed E-state index contributed by atoms with van der Waals surface area (Å²) in [4.78, 5) is 20.1. The van der Waals surface area contributed by atoms with Crippen molar-refractivity contribution in [2.24, 2.45) is 16.1 Å². The average molecular weight is 653 g/mol. The lowest BCUT2D eigenvalue weighted by Gasteiger charge is -2.36. The van der Waals surface area contributed by atoms with Gasteiger partial charge in [-0.25, -0.2) is 9.79 Å². The normalized spacial score (nSPS) is 20.1. The zero-order chi connectivity index (χ0) is 34.4. The number of hydrogen-bond acceptors (Lipinski definition) is 7. The number of amides is 2. The Bertz CT molecular complexity index is 1740. The number of nitrogens with zero attached hydrogens (tertiary/aromatic N) is 3. The number of aliphatic imine (C=N–C) groups is 1. The molecule has 48 heavy (non-hydrogen) atoms. The Kier molecular flexibility index (Phi) is 10.7. The maximum Gasteiger partial charge on any atom is 0.320 e. The van der Waals surface area contributed by atoms with Gasteiger partial charge in [-0.3, -0.25) is 20.7 Å². The molecule has 2 aliphatic rings. The molecule has 1 saturated heterocycles. The molecule has 0 bridgehead atoms. The fraction of sp³-hybridized carbons (Fsp3) is 0.405. The van der Waals surface area contributed by atoms with E-state index in [1.807, 2.05) is 45.0 Å². The SMILES string of the molecule is C[C@H]1CCCCN1C(=N)n1cc(O[C@@H]2CC[C@H](NC(=O)NC(/C=C(\N)C(C)(C)C)=Nc3ccc(CO)cc3)c3ccccc32)ccc1=N. The first kappa shape index (κ1) is 34.4. The fourth-order valence-electron chi connectivity index (χ4n) is 6.05. The lowest BCUT2D eigenvalue weighted by atomic mass is 9.85. The van der Waals surface area contributed by atoms with Crippen LogP contribution in [0.1, 0.15) is 88.6 Å². The topological polar surface area (TPSA) is 165 Å². The molecule has 3 aromatic rings. The number of nitrogens with two attached hydrogens (primary N) is 1. The van der Waals surface area contributed by atoms with Crippen LogP contribution in [0.4, 0.5) is 10.5 Å². The highest BCUT2D eigenvalue weighted by molar-refractivity contribution is 6.05. The molecule has 11 heteroatoms. The summed E-state index contributed by atoms with van der Waals surface area (Å²) in [6.07, 6.45) is 7.68. The number of piperidine rings is 1.